The molecule has 0 radical (unpaired) electrons. The van der Waals surface area contributed by atoms with Crippen molar-refractivity contribution >= 4 is 28.5 Å². The monoisotopic (exact) mass is 235 g/mol. The molecule has 1 nitrogen and oxygen atoms in total. The molecule has 0 fully saturated rings. The summed E-state index contributed by atoms with van der Waals surface area (Å²) in [6, 6.07) is 0. The highest BCUT2D eigenvalue weighted by Crippen LogP contribution is 2.13. The highest BCUT2D eigenvalue weighted by molar-refractivity contribution is 14.1. The smallest absolute Gasteiger partial charge is 0.184 e. The Morgan fingerprint density at radius 1 is 1.67 bits per heavy atom. The van der Waals surface area contributed by atoms with E-state index in [-0.39, 0.29) is 0 Å². The van der Waals surface area contributed by atoms with Crippen LogP contribution >= 0.6 is 22.6 Å². The van der Waals surface area contributed by atoms with Crippen molar-refractivity contribution in [1.82, 2.24) is 0 Å². The molecule has 46 valence electrons. The van der Waals surface area contributed by atoms with E-state index < -0.39 is 5.95 Å². The minimum Gasteiger partial charge on any atom is -0.184 e. The first-order chi connectivity index (χ1) is 4.29. The molecule has 9 heavy (non-hydrogen) atoms. The van der Waals surface area contributed by atoms with Gasteiger partial charge in [0.05, 0.1) is 0 Å². The SMILES string of the molecule is FC1=CC(I)=CC=C=N1. The summed E-state index contributed by atoms with van der Waals surface area (Å²) in [7, 11) is 0. The second-order valence-corrected chi connectivity index (χ2v) is 2.67. The molecule has 1 aliphatic heterocycles. The number of aliphatic imine (C=N–C) groups is 1. The van der Waals surface area contributed by atoms with Crippen molar-refractivity contribution in [3.05, 3.63) is 27.8 Å². The number of halogens is 2. The molecular formula is C6H3FIN. The van der Waals surface area contributed by atoms with E-state index in [0.717, 1.165) is 3.58 Å². The Morgan fingerprint density at radius 2 is 2.44 bits per heavy atom. The van der Waals surface area contributed by atoms with Crippen molar-refractivity contribution < 1.29 is 4.39 Å². The first-order valence-corrected chi connectivity index (χ1v) is 3.39. The Bertz CT molecular complexity index is 233. The zero-order valence-corrected chi connectivity index (χ0v) is 6.59. The maximum Gasteiger partial charge on any atom is 0.221 e. The zero-order valence-electron chi connectivity index (χ0n) is 4.44. The summed E-state index contributed by atoms with van der Waals surface area (Å²) in [5.74, 6) is 1.91. The van der Waals surface area contributed by atoms with Gasteiger partial charge in [-0.1, -0.05) is 0 Å². The molecule has 1 heterocycles. The fourth-order valence-corrected chi connectivity index (χ4v) is 0.847. The van der Waals surface area contributed by atoms with Crippen molar-refractivity contribution in [1.29, 1.82) is 0 Å². The maximum atomic E-state index is 12.3. The van der Waals surface area contributed by atoms with Crippen molar-refractivity contribution in [3.63, 3.8) is 0 Å². The fraction of sp³-hybridized carbons (Fsp3) is 0. The summed E-state index contributed by atoms with van der Waals surface area (Å²) in [6.45, 7) is 0. The van der Waals surface area contributed by atoms with E-state index in [9.17, 15) is 4.39 Å². The van der Waals surface area contributed by atoms with Crippen LogP contribution < -0.4 is 0 Å². The van der Waals surface area contributed by atoms with Crippen LogP contribution in [-0.4, -0.2) is 5.87 Å². The molecule has 0 bridgehead atoms. The Labute approximate surface area is 65.8 Å². The lowest BCUT2D eigenvalue weighted by molar-refractivity contribution is 0.630. The molecule has 1 rings (SSSR count). The van der Waals surface area contributed by atoms with E-state index in [0.29, 0.717) is 0 Å². The quantitative estimate of drug-likeness (QED) is 0.451. The predicted octanol–water partition coefficient (Wildman–Crippen LogP) is 2.36. The summed E-state index contributed by atoms with van der Waals surface area (Å²) in [5.41, 5.74) is 0. The van der Waals surface area contributed by atoms with Gasteiger partial charge in [0.25, 0.3) is 0 Å². The van der Waals surface area contributed by atoms with Gasteiger partial charge in [-0.25, -0.2) is 0 Å². The van der Waals surface area contributed by atoms with Crippen LogP contribution in [0.1, 0.15) is 0 Å². The van der Waals surface area contributed by atoms with Crippen LogP contribution in [0.5, 0.6) is 0 Å². The highest BCUT2D eigenvalue weighted by atomic mass is 127. The van der Waals surface area contributed by atoms with Crippen molar-refractivity contribution in [2.75, 3.05) is 0 Å². The van der Waals surface area contributed by atoms with Gasteiger partial charge in [0.1, 0.15) is 0 Å². The van der Waals surface area contributed by atoms with E-state index in [2.05, 4.69) is 10.9 Å². The molecule has 0 spiro atoms. The van der Waals surface area contributed by atoms with Crippen LogP contribution in [0.15, 0.2) is 32.8 Å². The van der Waals surface area contributed by atoms with E-state index in [1.54, 1.807) is 12.2 Å². The van der Waals surface area contributed by atoms with Gasteiger partial charge in [-0.2, -0.15) is 9.38 Å². The molecule has 0 amide bonds. The molecule has 0 unspecified atom stereocenters. The third-order valence-corrected chi connectivity index (χ3v) is 1.42. The lowest BCUT2D eigenvalue weighted by Gasteiger charge is -1.81. The number of nitrogens with zero attached hydrogens (tertiary/aromatic N) is 1. The third kappa shape index (κ3) is 2.11. The molecule has 0 aromatic rings. The minimum atomic E-state index is -0.496. The molecular weight excluding hydrogens is 232 g/mol. The summed E-state index contributed by atoms with van der Waals surface area (Å²) >= 11 is 2.01. The lowest BCUT2D eigenvalue weighted by Crippen LogP contribution is -1.62. The maximum absolute atomic E-state index is 12.3. The first kappa shape index (κ1) is 6.71. The molecule has 0 aromatic heterocycles. The van der Waals surface area contributed by atoms with E-state index >= 15 is 0 Å². The summed E-state index contributed by atoms with van der Waals surface area (Å²) in [4.78, 5) is 3.31. The van der Waals surface area contributed by atoms with Gasteiger partial charge in [0, 0.05) is 15.7 Å². The van der Waals surface area contributed by atoms with E-state index in [1.807, 2.05) is 22.6 Å². The average Bonchev–Trinajstić information content (AvgIpc) is 1.93. The Hall–Kier alpha value is -0.410. The van der Waals surface area contributed by atoms with Crippen LogP contribution in [0.4, 0.5) is 4.39 Å². The minimum absolute atomic E-state index is 0.496. The van der Waals surface area contributed by atoms with Gasteiger partial charge in [0.2, 0.25) is 5.95 Å². The molecule has 1 aliphatic rings. The Morgan fingerprint density at radius 3 is 3.22 bits per heavy atom. The van der Waals surface area contributed by atoms with Crippen LogP contribution in [0.2, 0.25) is 0 Å². The van der Waals surface area contributed by atoms with Crippen LogP contribution in [0.3, 0.4) is 0 Å². The fourth-order valence-electron chi connectivity index (χ4n) is 0.410. The van der Waals surface area contributed by atoms with Gasteiger partial charge < -0.3 is 0 Å². The van der Waals surface area contributed by atoms with Crippen molar-refractivity contribution in [2.24, 2.45) is 4.99 Å². The van der Waals surface area contributed by atoms with Gasteiger partial charge in [-0.3, -0.25) is 0 Å². The van der Waals surface area contributed by atoms with Crippen molar-refractivity contribution in [3.8, 4) is 0 Å². The molecule has 3 heteroatoms. The van der Waals surface area contributed by atoms with Gasteiger partial charge in [0.15, 0.2) is 0 Å². The number of hydrogen-bond acceptors (Lipinski definition) is 1. The first-order valence-electron chi connectivity index (χ1n) is 2.31. The van der Waals surface area contributed by atoms with E-state index in [1.165, 1.54) is 6.08 Å². The third-order valence-electron chi connectivity index (χ3n) is 0.745. The normalized spacial score (nSPS) is 16.7. The second kappa shape index (κ2) is 2.94. The molecule has 0 saturated carbocycles. The topological polar surface area (TPSA) is 12.4 Å². The standard InChI is InChI=1S/C6H3FIN/c7-6-4-5(8)2-1-3-9-6/h1-2,4H. The molecule has 0 aromatic carbocycles. The lowest BCUT2D eigenvalue weighted by atomic mass is 10.5. The highest BCUT2D eigenvalue weighted by Gasteiger charge is 1.91. The summed E-state index contributed by atoms with van der Waals surface area (Å²) < 4.78 is 13.1. The average molecular weight is 235 g/mol. The molecule has 0 atom stereocenters. The second-order valence-electron chi connectivity index (χ2n) is 1.43. The largest absolute Gasteiger partial charge is 0.221 e. The Balaban J connectivity index is 3.00. The van der Waals surface area contributed by atoms with Crippen molar-refractivity contribution in [2.45, 2.75) is 0 Å². The van der Waals surface area contributed by atoms with Crippen LogP contribution in [0.25, 0.3) is 0 Å². The predicted molar refractivity (Wildman–Crippen MR) is 43.3 cm³/mol. The van der Waals surface area contributed by atoms with E-state index in [4.69, 9.17) is 0 Å². The molecule has 0 aliphatic carbocycles. The number of hydrogen-bond donors (Lipinski definition) is 0. The number of rotatable bonds is 0. The van der Waals surface area contributed by atoms with Gasteiger partial charge >= 0.3 is 0 Å². The molecule has 0 saturated heterocycles. The van der Waals surface area contributed by atoms with Crippen LogP contribution in [0, 0.1) is 0 Å². The summed E-state index contributed by atoms with van der Waals surface area (Å²) in [6.07, 6.45) is 4.65. The van der Waals surface area contributed by atoms with Crippen LogP contribution in [-0.2, 0) is 0 Å². The van der Waals surface area contributed by atoms with Gasteiger partial charge in [-0.15, -0.1) is 0 Å². The summed E-state index contributed by atoms with van der Waals surface area (Å²) in [5, 5.41) is 0. The molecule has 0 N–H and O–H groups in total. The van der Waals surface area contributed by atoms with Gasteiger partial charge in [-0.05, 0) is 34.5 Å². The Kier molecular flexibility index (Phi) is 2.19. The zero-order chi connectivity index (χ0) is 6.69. The number of allylic oxidation sites excluding steroid dienone is 4.